The minimum Gasteiger partial charge on any atom is -0.480 e. The molecular weight excluding hydrogens is 236 g/mol. The molecule has 2 rings (SSSR count). The summed E-state index contributed by atoms with van der Waals surface area (Å²) in [5, 5.41) is 20.8. The van der Waals surface area contributed by atoms with Crippen molar-refractivity contribution in [2.45, 2.75) is 18.4 Å². The van der Waals surface area contributed by atoms with Crippen molar-refractivity contribution in [2.75, 3.05) is 18.5 Å². The van der Waals surface area contributed by atoms with Crippen LogP contribution in [0.2, 0.25) is 0 Å². The summed E-state index contributed by atoms with van der Waals surface area (Å²) in [5.74, 6) is -0.588. The summed E-state index contributed by atoms with van der Waals surface area (Å²) < 4.78 is 5.17. The van der Waals surface area contributed by atoms with Gasteiger partial charge in [0.05, 0.1) is 12.4 Å². The van der Waals surface area contributed by atoms with E-state index in [1.807, 2.05) is 6.07 Å². The Morgan fingerprint density at radius 2 is 2.17 bits per heavy atom. The quantitative estimate of drug-likeness (QED) is 0.796. The van der Waals surface area contributed by atoms with Crippen LogP contribution in [0.5, 0.6) is 0 Å². The summed E-state index contributed by atoms with van der Waals surface area (Å²) in [6.45, 7) is 0.784. The Kier molecular flexibility index (Phi) is 3.39. The van der Waals surface area contributed by atoms with E-state index in [4.69, 9.17) is 10.00 Å². The van der Waals surface area contributed by atoms with Crippen molar-refractivity contribution in [3.8, 4) is 6.07 Å². The third-order valence-electron chi connectivity index (χ3n) is 2.89. The van der Waals surface area contributed by atoms with Crippen LogP contribution in [-0.2, 0) is 9.53 Å². The molecular formula is C11H12N4O3. The van der Waals surface area contributed by atoms with E-state index in [-0.39, 0.29) is 5.69 Å². The maximum absolute atomic E-state index is 11.4. The van der Waals surface area contributed by atoms with Crippen LogP contribution in [0.4, 0.5) is 5.82 Å². The van der Waals surface area contributed by atoms with E-state index in [0.717, 1.165) is 0 Å². The molecule has 0 bridgehead atoms. The Labute approximate surface area is 103 Å². The topological polar surface area (TPSA) is 108 Å². The van der Waals surface area contributed by atoms with Gasteiger partial charge in [-0.3, -0.25) is 0 Å². The first-order valence-corrected chi connectivity index (χ1v) is 5.48. The van der Waals surface area contributed by atoms with E-state index in [1.54, 1.807) is 0 Å². The molecule has 1 aliphatic heterocycles. The van der Waals surface area contributed by atoms with Gasteiger partial charge in [-0.1, -0.05) is 0 Å². The van der Waals surface area contributed by atoms with Crippen LogP contribution in [0.3, 0.4) is 0 Å². The van der Waals surface area contributed by atoms with Crippen molar-refractivity contribution in [2.24, 2.45) is 0 Å². The van der Waals surface area contributed by atoms with Gasteiger partial charge in [0.2, 0.25) is 0 Å². The summed E-state index contributed by atoms with van der Waals surface area (Å²) in [4.78, 5) is 19.2. The van der Waals surface area contributed by atoms with Gasteiger partial charge in [-0.2, -0.15) is 5.26 Å². The van der Waals surface area contributed by atoms with E-state index in [0.29, 0.717) is 31.9 Å². The van der Waals surface area contributed by atoms with Gasteiger partial charge in [-0.25, -0.2) is 14.8 Å². The molecule has 1 aliphatic rings. The Balaban J connectivity index is 2.18. The Bertz CT molecular complexity index is 474. The summed E-state index contributed by atoms with van der Waals surface area (Å²) in [5.41, 5.74) is -0.877. The maximum atomic E-state index is 11.4. The minimum atomic E-state index is -1.07. The first-order chi connectivity index (χ1) is 8.66. The number of hydrogen-bond acceptors (Lipinski definition) is 6. The summed E-state index contributed by atoms with van der Waals surface area (Å²) in [6.07, 6.45) is 3.39. The predicted molar refractivity (Wildman–Crippen MR) is 60.8 cm³/mol. The zero-order valence-electron chi connectivity index (χ0n) is 9.59. The number of nitrogens with one attached hydrogen (secondary N) is 1. The van der Waals surface area contributed by atoms with Crippen molar-refractivity contribution >= 4 is 11.8 Å². The third-order valence-corrected chi connectivity index (χ3v) is 2.89. The molecule has 0 unspecified atom stereocenters. The summed E-state index contributed by atoms with van der Waals surface area (Å²) in [7, 11) is 0. The molecule has 0 aliphatic carbocycles. The van der Waals surface area contributed by atoms with Gasteiger partial charge in [0.1, 0.15) is 17.4 Å². The maximum Gasteiger partial charge on any atom is 0.329 e. The predicted octanol–water partition coefficient (Wildman–Crippen LogP) is 0.394. The van der Waals surface area contributed by atoms with Crippen LogP contribution in [0.15, 0.2) is 12.4 Å². The average Bonchev–Trinajstić information content (AvgIpc) is 2.40. The first-order valence-electron chi connectivity index (χ1n) is 5.48. The third kappa shape index (κ3) is 2.38. The second-order valence-electron chi connectivity index (χ2n) is 4.02. The highest BCUT2D eigenvalue weighted by molar-refractivity contribution is 5.82. The van der Waals surface area contributed by atoms with E-state index in [2.05, 4.69) is 15.3 Å². The molecule has 7 heteroatoms. The fraction of sp³-hybridized carbons (Fsp3) is 0.455. The first kappa shape index (κ1) is 12.3. The molecule has 0 amide bonds. The monoisotopic (exact) mass is 248 g/mol. The van der Waals surface area contributed by atoms with Gasteiger partial charge in [-0.05, 0) is 0 Å². The average molecular weight is 248 g/mol. The highest BCUT2D eigenvalue weighted by Crippen LogP contribution is 2.25. The Morgan fingerprint density at radius 1 is 1.44 bits per heavy atom. The molecule has 1 aromatic heterocycles. The number of carbonyl (C=O) groups is 1. The van der Waals surface area contributed by atoms with Crippen LogP contribution in [-0.4, -0.2) is 39.8 Å². The van der Waals surface area contributed by atoms with Crippen molar-refractivity contribution in [3.63, 3.8) is 0 Å². The highest BCUT2D eigenvalue weighted by atomic mass is 16.5. The van der Waals surface area contributed by atoms with E-state index >= 15 is 0 Å². The van der Waals surface area contributed by atoms with E-state index in [1.165, 1.54) is 12.4 Å². The van der Waals surface area contributed by atoms with Crippen molar-refractivity contribution < 1.29 is 14.6 Å². The lowest BCUT2D eigenvalue weighted by molar-refractivity contribution is -0.145. The number of nitrogens with zero attached hydrogens (tertiary/aromatic N) is 3. The number of nitriles is 1. The van der Waals surface area contributed by atoms with Gasteiger partial charge in [0, 0.05) is 26.1 Å². The van der Waals surface area contributed by atoms with E-state index in [9.17, 15) is 9.90 Å². The Morgan fingerprint density at radius 3 is 2.67 bits per heavy atom. The van der Waals surface area contributed by atoms with Gasteiger partial charge in [-0.15, -0.1) is 0 Å². The van der Waals surface area contributed by atoms with Crippen LogP contribution in [0, 0.1) is 11.3 Å². The molecule has 2 heterocycles. The number of ether oxygens (including phenoxy) is 1. The van der Waals surface area contributed by atoms with Crippen LogP contribution in [0.1, 0.15) is 18.5 Å². The van der Waals surface area contributed by atoms with Gasteiger partial charge >= 0.3 is 5.97 Å². The number of anilines is 1. The summed E-state index contributed by atoms with van der Waals surface area (Å²) in [6, 6.07) is 1.85. The molecule has 1 aromatic rings. The van der Waals surface area contributed by atoms with Gasteiger partial charge in [0.25, 0.3) is 0 Å². The summed E-state index contributed by atoms with van der Waals surface area (Å²) >= 11 is 0. The molecule has 0 saturated carbocycles. The largest absolute Gasteiger partial charge is 0.480 e. The highest BCUT2D eigenvalue weighted by Gasteiger charge is 2.40. The standard InChI is InChI=1S/C11H12N4O3/c12-5-8-6-14-9(7-13-8)15-11(10(16)17)1-3-18-4-2-11/h6-7H,1-4H2,(H,14,15)(H,16,17). The molecule has 18 heavy (non-hydrogen) atoms. The van der Waals surface area contributed by atoms with Gasteiger partial charge in [0.15, 0.2) is 5.69 Å². The van der Waals surface area contributed by atoms with Crippen LogP contribution in [0.25, 0.3) is 0 Å². The van der Waals surface area contributed by atoms with Crippen molar-refractivity contribution in [3.05, 3.63) is 18.1 Å². The van der Waals surface area contributed by atoms with Crippen LogP contribution >= 0.6 is 0 Å². The van der Waals surface area contributed by atoms with Gasteiger partial charge < -0.3 is 15.2 Å². The fourth-order valence-corrected chi connectivity index (χ4v) is 1.81. The zero-order chi connectivity index (χ0) is 13.0. The van der Waals surface area contributed by atoms with E-state index < -0.39 is 11.5 Å². The molecule has 0 spiro atoms. The second kappa shape index (κ2) is 4.98. The molecule has 0 radical (unpaired) electrons. The molecule has 1 fully saturated rings. The number of hydrogen-bond donors (Lipinski definition) is 2. The second-order valence-corrected chi connectivity index (χ2v) is 4.02. The molecule has 7 nitrogen and oxygen atoms in total. The number of rotatable bonds is 3. The molecule has 2 N–H and O–H groups in total. The minimum absolute atomic E-state index is 0.192. The van der Waals surface area contributed by atoms with Crippen LogP contribution < -0.4 is 5.32 Å². The number of aliphatic carboxylic acids is 1. The Hall–Kier alpha value is -2.20. The number of carboxylic acid groups (broad SMARTS) is 1. The molecule has 94 valence electrons. The SMILES string of the molecule is N#Cc1cnc(NC2(C(=O)O)CCOCC2)cn1. The molecule has 0 atom stereocenters. The smallest absolute Gasteiger partial charge is 0.329 e. The molecule has 1 saturated heterocycles. The fourth-order valence-electron chi connectivity index (χ4n) is 1.81. The zero-order valence-corrected chi connectivity index (χ0v) is 9.59. The van der Waals surface area contributed by atoms with Crippen molar-refractivity contribution in [1.82, 2.24) is 9.97 Å². The number of aromatic nitrogens is 2. The normalized spacial score (nSPS) is 17.7. The molecule has 0 aromatic carbocycles. The number of carboxylic acids is 1. The lowest BCUT2D eigenvalue weighted by Crippen LogP contribution is -2.50. The lowest BCUT2D eigenvalue weighted by Gasteiger charge is -2.34. The van der Waals surface area contributed by atoms with Crippen molar-refractivity contribution in [1.29, 1.82) is 5.26 Å². The lowest BCUT2D eigenvalue weighted by atomic mass is 9.90.